The number of carboxylic acid groups (broad SMARTS) is 2. The third kappa shape index (κ3) is 6.79. The SMILES string of the molecule is CC1=C(C(C)O)/C2=C/c3c(C)c(C(C)O)c4[n]3[Hg][n]3/c(c(C)c(CCC(=O)[O-])/c3=C/C3=NC(=C\4)/C(C)=C3CCC(=O)[O-])=C\C1=N2.[Na+].[Na+]. The van der Waals surface area contributed by atoms with E-state index >= 15 is 0 Å². The molecule has 47 heavy (non-hydrogen) atoms. The number of aliphatic carboxylic acids is 2. The Morgan fingerprint density at radius 1 is 0.766 bits per heavy atom. The van der Waals surface area contributed by atoms with Crippen LogP contribution in [0.3, 0.4) is 0 Å². The molecule has 2 N–H and O–H groups in total. The number of aromatic nitrogens is 2. The maximum atomic E-state index is 11.7. The van der Waals surface area contributed by atoms with Gasteiger partial charge in [0.2, 0.25) is 0 Å². The number of hydrogen-bond acceptors (Lipinski definition) is 8. The summed E-state index contributed by atoms with van der Waals surface area (Å²) in [6.07, 6.45) is 6.65. The summed E-state index contributed by atoms with van der Waals surface area (Å²) in [5, 5.41) is 47.0. The van der Waals surface area contributed by atoms with Gasteiger partial charge >= 0.3 is 334 Å². The fourth-order valence-corrected chi connectivity index (χ4v) is 15.3. The molecule has 2 unspecified atom stereocenters. The summed E-state index contributed by atoms with van der Waals surface area (Å²) in [6, 6.07) is 0. The van der Waals surface area contributed by atoms with Gasteiger partial charge in [0.25, 0.3) is 0 Å². The first kappa shape index (κ1) is 38.2. The first-order chi connectivity index (χ1) is 21.3. The average molecular weight is 841 g/mol. The second-order valence-electron chi connectivity index (χ2n) is 12.3. The van der Waals surface area contributed by atoms with Gasteiger partial charge in [0.05, 0.1) is 0 Å². The number of carbonyl (C=O) groups excluding carboxylic acids is 2. The van der Waals surface area contributed by atoms with E-state index in [0.717, 1.165) is 72.3 Å². The molecule has 0 aromatic carbocycles. The monoisotopic (exact) mass is 842 g/mol. The summed E-state index contributed by atoms with van der Waals surface area (Å²) in [5.74, 6) is -2.29. The van der Waals surface area contributed by atoms with Crippen molar-refractivity contribution in [2.24, 2.45) is 9.98 Å². The molecule has 0 saturated carbocycles. The molecule has 6 rings (SSSR count). The molecule has 0 aliphatic carbocycles. The van der Waals surface area contributed by atoms with Crippen molar-refractivity contribution < 1.29 is 114 Å². The molecule has 230 valence electrons. The predicted octanol–water partition coefficient (Wildman–Crippen LogP) is -5.32. The van der Waals surface area contributed by atoms with Gasteiger partial charge in [-0.15, -0.1) is 0 Å². The molecule has 2 aromatic rings. The molecule has 0 saturated heterocycles. The zero-order valence-electron chi connectivity index (χ0n) is 28.3. The summed E-state index contributed by atoms with van der Waals surface area (Å²) >= 11 is -2.54. The minimum atomic E-state index is -2.54. The number of carboxylic acids is 2. The molecule has 13 heteroatoms. The molecule has 2 aromatic heterocycles. The van der Waals surface area contributed by atoms with Crippen molar-refractivity contribution >= 4 is 47.7 Å². The van der Waals surface area contributed by atoms with Crippen LogP contribution in [0.1, 0.15) is 86.7 Å². The Balaban J connectivity index is 0.00000250. The van der Waals surface area contributed by atoms with Crippen LogP contribution in [0.25, 0.3) is 24.3 Å². The largest absolute Gasteiger partial charge is 1.00 e. The van der Waals surface area contributed by atoms with Gasteiger partial charge in [-0.2, -0.15) is 0 Å². The summed E-state index contributed by atoms with van der Waals surface area (Å²) in [4.78, 5) is 33.2. The van der Waals surface area contributed by atoms with Crippen LogP contribution in [0.15, 0.2) is 43.7 Å². The van der Waals surface area contributed by atoms with Gasteiger partial charge in [-0.05, 0) is 0 Å². The van der Waals surface area contributed by atoms with Crippen molar-refractivity contribution in [2.45, 2.75) is 79.4 Å². The van der Waals surface area contributed by atoms with E-state index in [9.17, 15) is 30.0 Å². The number of allylic oxidation sites excluding steroid dienone is 3. The van der Waals surface area contributed by atoms with Crippen LogP contribution < -0.4 is 80.0 Å². The van der Waals surface area contributed by atoms with Gasteiger partial charge in [-0.1, -0.05) is 0 Å². The number of rotatable bonds is 8. The van der Waals surface area contributed by atoms with Crippen LogP contribution in [0.5, 0.6) is 0 Å². The van der Waals surface area contributed by atoms with Gasteiger partial charge < -0.3 is 0 Å². The zero-order chi connectivity index (χ0) is 32.5. The first-order valence-electron chi connectivity index (χ1n) is 15.2. The smallest absolute Gasteiger partial charge is 1.00 e. The molecular weight excluding hydrogens is 807 g/mol. The van der Waals surface area contributed by atoms with E-state index in [-0.39, 0.29) is 84.8 Å². The fourth-order valence-electron chi connectivity index (χ4n) is 7.19. The summed E-state index contributed by atoms with van der Waals surface area (Å²) in [6.45, 7) is 11.4. The second kappa shape index (κ2) is 14.7. The molecule has 6 heterocycles. The fraction of sp³-hybridized carbons (Fsp3) is 0.353. The molecule has 6 bridgehead atoms. The van der Waals surface area contributed by atoms with Gasteiger partial charge in [-0.3, -0.25) is 0 Å². The van der Waals surface area contributed by atoms with E-state index in [0.29, 0.717) is 17.1 Å². The standard InChI is InChI=1S/C34H38N4O6.Hg.2Na/c1-15-21(7-9-31(41)42)27-14-28-22(8-10-32(43)44)16(2)24(36-28)12-29-34(20(6)40)18(4)26(38-29)13-30-33(19(5)39)17(3)25(37-30)11-23(15)35-27;;;/h11-14,19-20,39-40H,7-10H2,1-6H3,(H4,35,36,37,38,41,42,43,44);;;/q;+2;2*+1/p-4/b23-11-,24-12-,25-11?,26-13?,27-14-,28-14?,29-12?,30-13-;;;. The molecule has 0 amide bonds. The quantitative estimate of drug-likeness (QED) is 0.254. The molecule has 0 fully saturated rings. The van der Waals surface area contributed by atoms with Gasteiger partial charge in [0.1, 0.15) is 0 Å². The topological polar surface area (TPSA) is 155 Å². The van der Waals surface area contributed by atoms with Crippen LogP contribution in [-0.2, 0) is 41.2 Å². The van der Waals surface area contributed by atoms with Gasteiger partial charge in [-0.25, -0.2) is 0 Å². The van der Waals surface area contributed by atoms with Gasteiger partial charge in [0.15, 0.2) is 0 Å². The van der Waals surface area contributed by atoms with Crippen molar-refractivity contribution in [3.8, 4) is 0 Å². The van der Waals surface area contributed by atoms with E-state index in [1.807, 2.05) is 52.0 Å². The molecule has 0 radical (unpaired) electrons. The minimum absolute atomic E-state index is 0. The maximum Gasteiger partial charge on any atom is 1.00 e. The van der Waals surface area contributed by atoms with Crippen molar-refractivity contribution in [3.63, 3.8) is 0 Å². The van der Waals surface area contributed by atoms with E-state index in [2.05, 4.69) is 4.66 Å². The zero-order valence-corrected chi connectivity index (χ0v) is 37.8. The molecular formula is C34H34HgN4Na2O6. The van der Waals surface area contributed by atoms with E-state index in [1.165, 1.54) is 0 Å². The third-order valence-corrected chi connectivity index (χ3v) is 16.9. The van der Waals surface area contributed by atoms with Crippen molar-refractivity contribution in [1.29, 1.82) is 0 Å². The Hall–Kier alpha value is -1.60. The molecule has 4 aliphatic rings. The van der Waals surface area contributed by atoms with Crippen LogP contribution in [0.4, 0.5) is 0 Å². The Morgan fingerprint density at radius 3 is 1.98 bits per heavy atom. The van der Waals surface area contributed by atoms with Crippen molar-refractivity contribution in [2.75, 3.05) is 0 Å². The van der Waals surface area contributed by atoms with E-state index < -0.39 is 49.3 Å². The van der Waals surface area contributed by atoms with Crippen LogP contribution in [0, 0.1) is 13.8 Å². The number of aliphatic hydroxyl groups is 2. The Labute approximate surface area is 330 Å². The minimum Gasteiger partial charge on any atom is 1.00 e. The number of carbonyl (C=O) groups is 2. The Kier molecular flexibility index (Phi) is 12.0. The average Bonchev–Trinajstić information content (AvgIpc) is 3.58. The maximum absolute atomic E-state index is 11.7. The van der Waals surface area contributed by atoms with Crippen LogP contribution in [0.2, 0.25) is 0 Å². The summed E-state index contributed by atoms with van der Waals surface area (Å²) in [7, 11) is 0. The molecule has 0 spiro atoms. The predicted molar refractivity (Wildman–Crippen MR) is 163 cm³/mol. The number of nitrogens with zero attached hydrogens (tertiary/aromatic N) is 4. The normalized spacial score (nSPS) is 20.6. The number of fused-ring (bicyclic) bond motifs is 2. The molecule has 10 nitrogen and oxygen atoms in total. The number of aliphatic hydroxyl groups excluding tert-OH is 2. The second-order valence-corrected chi connectivity index (χ2v) is 18.3. The van der Waals surface area contributed by atoms with E-state index in [4.69, 9.17) is 9.98 Å². The molecule has 2 atom stereocenters. The Bertz CT molecular complexity index is 2040. The summed E-state index contributed by atoms with van der Waals surface area (Å²) < 4.78 is 4.66. The Morgan fingerprint density at radius 2 is 1.36 bits per heavy atom. The van der Waals surface area contributed by atoms with Crippen molar-refractivity contribution in [1.82, 2.24) is 4.66 Å². The van der Waals surface area contributed by atoms with Gasteiger partial charge in [0, 0.05) is 0 Å². The number of hydrogen-bond donors (Lipinski definition) is 2. The van der Waals surface area contributed by atoms with E-state index in [1.54, 1.807) is 13.8 Å². The van der Waals surface area contributed by atoms with Crippen molar-refractivity contribution in [3.05, 3.63) is 78.0 Å². The first-order valence-corrected chi connectivity index (χ1v) is 20.1. The third-order valence-electron chi connectivity index (χ3n) is 9.44. The molecule has 4 aliphatic heterocycles. The van der Waals surface area contributed by atoms with Crippen LogP contribution in [-0.4, -0.2) is 44.3 Å². The van der Waals surface area contributed by atoms with Crippen LogP contribution >= 0.6 is 0 Å². The summed E-state index contributed by atoms with van der Waals surface area (Å²) in [5.41, 5.74) is 11.3. The number of aliphatic imine (C=N–C) groups is 2.